The van der Waals surface area contributed by atoms with Crippen LogP contribution in [0.3, 0.4) is 0 Å². The number of hydrazine groups is 1. The normalized spacial score (nSPS) is 22.1. The molecule has 0 amide bonds. The van der Waals surface area contributed by atoms with Crippen LogP contribution in [0, 0.1) is 0 Å². The number of ether oxygens (including phenoxy) is 2. The van der Waals surface area contributed by atoms with Crippen molar-refractivity contribution >= 4 is 0 Å². The van der Waals surface area contributed by atoms with Gasteiger partial charge in [-0.2, -0.15) is 0 Å². The zero-order valence-corrected chi connectivity index (χ0v) is 12.2. The molecule has 4 nitrogen and oxygen atoms in total. The van der Waals surface area contributed by atoms with Gasteiger partial charge in [0.2, 0.25) is 0 Å². The van der Waals surface area contributed by atoms with Crippen molar-refractivity contribution in [1.29, 1.82) is 0 Å². The van der Waals surface area contributed by atoms with Crippen molar-refractivity contribution in [3.05, 3.63) is 29.3 Å². The van der Waals surface area contributed by atoms with E-state index in [1.54, 1.807) is 7.11 Å². The molecule has 1 aromatic rings. The molecular formula is C16H24N2O2. The molecule has 0 bridgehead atoms. The van der Waals surface area contributed by atoms with E-state index < -0.39 is 0 Å². The molecule has 3 rings (SSSR count). The largest absolute Gasteiger partial charge is 0.493 e. The molecule has 1 aliphatic carbocycles. The van der Waals surface area contributed by atoms with Gasteiger partial charge in [-0.05, 0) is 31.2 Å². The van der Waals surface area contributed by atoms with Crippen LogP contribution in [0.4, 0.5) is 0 Å². The molecule has 4 heteroatoms. The first-order valence-electron chi connectivity index (χ1n) is 7.56. The number of aryl methyl sites for hydroxylation is 1. The quantitative estimate of drug-likeness (QED) is 0.655. The molecular weight excluding hydrogens is 252 g/mol. The van der Waals surface area contributed by atoms with Crippen LogP contribution >= 0.6 is 0 Å². The van der Waals surface area contributed by atoms with Crippen LogP contribution < -0.4 is 16.0 Å². The lowest BCUT2D eigenvalue weighted by Crippen LogP contribution is -2.46. The maximum absolute atomic E-state index is 5.94. The smallest absolute Gasteiger partial charge is 0.127 e. The van der Waals surface area contributed by atoms with E-state index >= 15 is 0 Å². The van der Waals surface area contributed by atoms with Gasteiger partial charge in [0.1, 0.15) is 5.75 Å². The fraction of sp³-hybridized carbons (Fsp3) is 0.625. The monoisotopic (exact) mass is 276 g/mol. The molecule has 110 valence electrons. The second-order valence-corrected chi connectivity index (χ2v) is 5.86. The molecule has 1 aromatic carbocycles. The molecule has 3 N–H and O–H groups in total. The number of nitrogens with one attached hydrogen (secondary N) is 1. The molecule has 2 aliphatic rings. The van der Waals surface area contributed by atoms with Crippen LogP contribution in [-0.4, -0.2) is 19.3 Å². The van der Waals surface area contributed by atoms with Gasteiger partial charge >= 0.3 is 0 Å². The fourth-order valence-electron chi connectivity index (χ4n) is 3.75. The second-order valence-electron chi connectivity index (χ2n) is 5.86. The van der Waals surface area contributed by atoms with Crippen molar-refractivity contribution in [3.63, 3.8) is 0 Å². The average molecular weight is 276 g/mol. The molecule has 1 saturated carbocycles. The van der Waals surface area contributed by atoms with E-state index in [0.29, 0.717) is 0 Å². The summed E-state index contributed by atoms with van der Waals surface area (Å²) in [6, 6.07) is 6.36. The SMILES string of the molecule is COC1(C(NN)c2cccc3c2OCCC3)CCCC1. The summed E-state index contributed by atoms with van der Waals surface area (Å²) >= 11 is 0. The third kappa shape index (κ3) is 2.22. The van der Waals surface area contributed by atoms with Gasteiger partial charge < -0.3 is 9.47 Å². The molecule has 0 spiro atoms. The van der Waals surface area contributed by atoms with Crippen molar-refractivity contribution in [2.45, 2.75) is 50.2 Å². The van der Waals surface area contributed by atoms with E-state index in [4.69, 9.17) is 15.3 Å². The highest BCUT2D eigenvalue weighted by Gasteiger charge is 2.43. The Morgan fingerprint density at radius 3 is 2.80 bits per heavy atom. The highest BCUT2D eigenvalue weighted by atomic mass is 16.5. The maximum atomic E-state index is 5.94. The summed E-state index contributed by atoms with van der Waals surface area (Å²) in [5.74, 6) is 6.91. The molecule has 20 heavy (non-hydrogen) atoms. The molecule has 1 atom stereocenters. The Bertz CT molecular complexity index is 470. The van der Waals surface area contributed by atoms with Crippen molar-refractivity contribution in [2.75, 3.05) is 13.7 Å². The van der Waals surface area contributed by atoms with E-state index in [1.807, 2.05) is 0 Å². The molecule has 1 unspecified atom stereocenters. The zero-order valence-electron chi connectivity index (χ0n) is 12.2. The van der Waals surface area contributed by atoms with E-state index in [1.165, 1.54) is 18.4 Å². The average Bonchev–Trinajstić information content (AvgIpc) is 2.98. The van der Waals surface area contributed by atoms with E-state index in [2.05, 4.69) is 23.6 Å². The first kappa shape index (κ1) is 13.9. The van der Waals surface area contributed by atoms with Crippen molar-refractivity contribution in [3.8, 4) is 5.75 Å². The lowest BCUT2D eigenvalue weighted by atomic mass is 9.85. The van der Waals surface area contributed by atoms with Gasteiger partial charge in [-0.25, -0.2) is 5.43 Å². The Labute approximate surface area is 120 Å². The molecule has 1 heterocycles. The first-order valence-corrected chi connectivity index (χ1v) is 7.56. The maximum Gasteiger partial charge on any atom is 0.127 e. The topological polar surface area (TPSA) is 56.5 Å². The van der Waals surface area contributed by atoms with Gasteiger partial charge in [0.05, 0.1) is 18.2 Å². The fourth-order valence-corrected chi connectivity index (χ4v) is 3.75. The number of hydrogen-bond donors (Lipinski definition) is 2. The van der Waals surface area contributed by atoms with Crippen molar-refractivity contribution in [2.24, 2.45) is 5.84 Å². The van der Waals surface area contributed by atoms with E-state index in [-0.39, 0.29) is 11.6 Å². The number of rotatable bonds is 4. The third-order valence-electron chi connectivity index (χ3n) is 4.82. The number of para-hydroxylation sites is 1. The number of hydrogen-bond acceptors (Lipinski definition) is 4. The van der Waals surface area contributed by atoms with Crippen molar-refractivity contribution < 1.29 is 9.47 Å². The summed E-state index contributed by atoms with van der Waals surface area (Å²) in [5.41, 5.74) is 5.23. The highest BCUT2D eigenvalue weighted by molar-refractivity contribution is 5.45. The van der Waals surface area contributed by atoms with Gasteiger partial charge in [0.25, 0.3) is 0 Å². The summed E-state index contributed by atoms with van der Waals surface area (Å²) in [6.07, 6.45) is 6.65. The third-order valence-corrected chi connectivity index (χ3v) is 4.82. The van der Waals surface area contributed by atoms with Crippen LogP contribution in [0.25, 0.3) is 0 Å². The predicted molar refractivity (Wildman–Crippen MR) is 78.5 cm³/mol. The molecule has 1 aliphatic heterocycles. The van der Waals surface area contributed by atoms with Crippen LogP contribution in [-0.2, 0) is 11.2 Å². The molecule has 1 fully saturated rings. The van der Waals surface area contributed by atoms with Gasteiger partial charge in [-0.1, -0.05) is 31.0 Å². The summed E-state index contributed by atoms with van der Waals surface area (Å²) in [5, 5.41) is 0. The number of nitrogens with two attached hydrogens (primary N) is 1. The Balaban J connectivity index is 2.01. The minimum Gasteiger partial charge on any atom is -0.493 e. The summed E-state index contributed by atoms with van der Waals surface area (Å²) in [7, 11) is 1.80. The number of benzene rings is 1. The minimum atomic E-state index is -0.204. The number of methoxy groups -OCH3 is 1. The van der Waals surface area contributed by atoms with E-state index in [9.17, 15) is 0 Å². The standard InChI is InChI=1S/C16H24N2O2/c1-19-16(9-2-3-10-16)15(18-17)13-8-4-6-12-7-5-11-20-14(12)13/h4,6,8,15,18H,2-3,5,7,9-11,17H2,1H3. The Morgan fingerprint density at radius 1 is 1.30 bits per heavy atom. The minimum absolute atomic E-state index is 0.0111. The summed E-state index contributed by atoms with van der Waals surface area (Å²) < 4.78 is 11.8. The first-order chi connectivity index (χ1) is 9.80. The lowest BCUT2D eigenvalue weighted by molar-refractivity contribution is -0.0375. The molecule has 0 saturated heterocycles. The highest BCUT2D eigenvalue weighted by Crippen LogP contribution is 2.45. The molecule has 0 aromatic heterocycles. The summed E-state index contributed by atoms with van der Waals surface area (Å²) in [6.45, 7) is 0.793. The van der Waals surface area contributed by atoms with Crippen LogP contribution in [0.5, 0.6) is 5.75 Å². The second kappa shape index (κ2) is 5.72. The van der Waals surface area contributed by atoms with Gasteiger partial charge in [-0.15, -0.1) is 0 Å². The van der Waals surface area contributed by atoms with Crippen LogP contribution in [0.2, 0.25) is 0 Å². The van der Waals surface area contributed by atoms with Gasteiger partial charge in [0, 0.05) is 12.7 Å². The van der Waals surface area contributed by atoms with Gasteiger partial charge in [0.15, 0.2) is 0 Å². The predicted octanol–water partition coefficient (Wildman–Crippen LogP) is 2.48. The zero-order chi connectivity index (χ0) is 14.0. The lowest BCUT2D eigenvalue weighted by Gasteiger charge is -2.37. The van der Waals surface area contributed by atoms with Crippen molar-refractivity contribution in [1.82, 2.24) is 5.43 Å². The van der Waals surface area contributed by atoms with Gasteiger partial charge in [-0.3, -0.25) is 5.84 Å². The number of fused-ring (bicyclic) bond motifs is 1. The van der Waals surface area contributed by atoms with E-state index in [0.717, 1.165) is 43.6 Å². The van der Waals surface area contributed by atoms with Crippen LogP contribution in [0.15, 0.2) is 18.2 Å². The molecule has 0 radical (unpaired) electrons. The Hall–Kier alpha value is -1.10. The Morgan fingerprint density at radius 2 is 2.10 bits per heavy atom. The Kier molecular flexibility index (Phi) is 3.96. The summed E-state index contributed by atoms with van der Waals surface area (Å²) in [4.78, 5) is 0. The van der Waals surface area contributed by atoms with Crippen LogP contribution in [0.1, 0.15) is 49.3 Å².